The van der Waals surface area contributed by atoms with Crippen molar-refractivity contribution in [3.8, 4) is 0 Å². The van der Waals surface area contributed by atoms with Gasteiger partial charge in [0.05, 0.1) is 4.90 Å². The van der Waals surface area contributed by atoms with Crippen molar-refractivity contribution in [3.05, 3.63) is 94.5 Å². The average Bonchev–Trinajstić information content (AvgIpc) is 2.69. The second kappa shape index (κ2) is 8.78. The van der Waals surface area contributed by atoms with Gasteiger partial charge in [-0.15, -0.1) is 0 Å². The standard InChI is InChI=1S/C22H21ClN2O3S/c1-16-4-3-5-20(14-16)24-22(26)18-8-6-17(7-9-18)15-25(2)29(27,28)21-12-10-19(23)11-13-21/h3-14H,15H2,1-2H3,(H,24,26). The molecule has 0 aliphatic rings. The molecule has 3 rings (SSSR count). The normalized spacial score (nSPS) is 11.4. The minimum Gasteiger partial charge on any atom is -0.322 e. The zero-order valence-electron chi connectivity index (χ0n) is 16.1. The molecule has 29 heavy (non-hydrogen) atoms. The minimum atomic E-state index is -3.63. The number of nitrogens with one attached hydrogen (secondary N) is 1. The van der Waals surface area contributed by atoms with E-state index in [1.807, 2.05) is 31.2 Å². The maximum atomic E-state index is 12.7. The third-order valence-corrected chi connectivity index (χ3v) is 6.49. The molecule has 3 aromatic rings. The van der Waals surface area contributed by atoms with Gasteiger partial charge in [-0.1, -0.05) is 35.9 Å². The zero-order valence-corrected chi connectivity index (χ0v) is 17.7. The van der Waals surface area contributed by atoms with E-state index in [1.54, 1.807) is 36.4 Å². The number of hydrogen-bond acceptors (Lipinski definition) is 3. The average molecular weight is 429 g/mol. The van der Waals surface area contributed by atoms with Crippen molar-refractivity contribution in [2.75, 3.05) is 12.4 Å². The Morgan fingerprint density at radius 1 is 1.00 bits per heavy atom. The topological polar surface area (TPSA) is 66.5 Å². The van der Waals surface area contributed by atoms with E-state index in [1.165, 1.54) is 23.5 Å². The molecule has 0 bridgehead atoms. The largest absolute Gasteiger partial charge is 0.322 e. The number of hydrogen-bond donors (Lipinski definition) is 1. The first kappa shape index (κ1) is 21.0. The predicted octanol–water partition coefficient (Wildman–Crippen LogP) is 4.72. The van der Waals surface area contributed by atoms with E-state index in [0.29, 0.717) is 10.6 Å². The summed E-state index contributed by atoms with van der Waals surface area (Å²) in [6.45, 7) is 2.14. The molecule has 0 aliphatic heterocycles. The van der Waals surface area contributed by atoms with E-state index in [-0.39, 0.29) is 17.3 Å². The van der Waals surface area contributed by atoms with Gasteiger partial charge in [0, 0.05) is 29.9 Å². The van der Waals surface area contributed by atoms with E-state index in [4.69, 9.17) is 11.6 Å². The van der Waals surface area contributed by atoms with Crippen molar-refractivity contribution in [3.63, 3.8) is 0 Å². The van der Waals surface area contributed by atoms with Crippen LogP contribution in [-0.2, 0) is 16.6 Å². The van der Waals surface area contributed by atoms with Crippen molar-refractivity contribution >= 4 is 33.2 Å². The van der Waals surface area contributed by atoms with Gasteiger partial charge >= 0.3 is 0 Å². The van der Waals surface area contributed by atoms with Crippen LogP contribution in [0.1, 0.15) is 21.5 Å². The number of anilines is 1. The molecule has 0 saturated carbocycles. The highest BCUT2D eigenvalue weighted by molar-refractivity contribution is 7.89. The Hall–Kier alpha value is -2.67. The summed E-state index contributed by atoms with van der Waals surface area (Å²) in [7, 11) is -2.11. The lowest BCUT2D eigenvalue weighted by atomic mass is 10.1. The molecule has 7 heteroatoms. The van der Waals surface area contributed by atoms with Gasteiger partial charge in [0.15, 0.2) is 0 Å². The summed E-state index contributed by atoms with van der Waals surface area (Å²) in [5.41, 5.74) is 3.06. The van der Waals surface area contributed by atoms with Gasteiger partial charge in [-0.05, 0) is 66.6 Å². The smallest absolute Gasteiger partial charge is 0.255 e. The van der Waals surface area contributed by atoms with Crippen LogP contribution in [0.3, 0.4) is 0 Å². The molecule has 3 aromatic carbocycles. The van der Waals surface area contributed by atoms with Crippen LogP contribution in [0.25, 0.3) is 0 Å². The molecule has 0 unspecified atom stereocenters. The number of carbonyl (C=O) groups excluding carboxylic acids is 1. The summed E-state index contributed by atoms with van der Waals surface area (Å²) in [5, 5.41) is 3.33. The van der Waals surface area contributed by atoms with Gasteiger partial charge in [-0.2, -0.15) is 4.31 Å². The summed E-state index contributed by atoms with van der Waals surface area (Å²) in [4.78, 5) is 12.6. The summed E-state index contributed by atoms with van der Waals surface area (Å²) in [5.74, 6) is -0.218. The summed E-state index contributed by atoms with van der Waals surface area (Å²) < 4.78 is 26.6. The molecule has 1 amide bonds. The number of nitrogens with zero attached hydrogens (tertiary/aromatic N) is 1. The maximum Gasteiger partial charge on any atom is 0.255 e. The molecule has 0 atom stereocenters. The molecule has 0 spiro atoms. The van der Waals surface area contributed by atoms with E-state index < -0.39 is 10.0 Å². The molecule has 150 valence electrons. The van der Waals surface area contributed by atoms with Crippen molar-refractivity contribution in [1.29, 1.82) is 0 Å². The molecule has 1 N–H and O–H groups in total. The van der Waals surface area contributed by atoms with Crippen LogP contribution in [0.4, 0.5) is 5.69 Å². The van der Waals surface area contributed by atoms with Gasteiger partial charge in [-0.3, -0.25) is 4.79 Å². The Morgan fingerprint density at radius 3 is 2.28 bits per heavy atom. The van der Waals surface area contributed by atoms with E-state index >= 15 is 0 Å². The Labute approximate surface area is 176 Å². The van der Waals surface area contributed by atoms with Crippen LogP contribution in [0.5, 0.6) is 0 Å². The van der Waals surface area contributed by atoms with Gasteiger partial charge in [0.25, 0.3) is 5.91 Å². The van der Waals surface area contributed by atoms with Crippen molar-refractivity contribution in [2.24, 2.45) is 0 Å². The number of benzene rings is 3. The van der Waals surface area contributed by atoms with Gasteiger partial charge in [-0.25, -0.2) is 8.42 Å². The fraction of sp³-hybridized carbons (Fsp3) is 0.136. The number of halogens is 1. The molecular weight excluding hydrogens is 408 g/mol. The molecule has 0 radical (unpaired) electrons. The maximum absolute atomic E-state index is 12.7. The van der Waals surface area contributed by atoms with E-state index in [0.717, 1.165) is 16.8 Å². The van der Waals surface area contributed by atoms with Gasteiger partial charge in [0.1, 0.15) is 0 Å². The lowest BCUT2D eigenvalue weighted by molar-refractivity contribution is 0.102. The first-order valence-electron chi connectivity index (χ1n) is 8.94. The van der Waals surface area contributed by atoms with E-state index in [2.05, 4.69) is 5.32 Å². The molecule has 0 aliphatic carbocycles. The first-order valence-corrected chi connectivity index (χ1v) is 10.8. The number of sulfonamides is 1. The third kappa shape index (κ3) is 5.23. The minimum absolute atomic E-state index is 0.179. The fourth-order valence-electron chi connectivity index (χ4n) is 2.82. The number of carbonyl (C=O) groups is 1. The van der Waals surface area contributed by atoms with Crippen LogP contribution in [0.15, 0.2) is 77.7 Å². The molecule has 0 fully saturated rings. The Kier molecular flexibility index (Phi) is 6.37. The fourth-order valence-corrected chi connectivity index (χ4v) is 4.10. The van der Waals surface area contributed by atoms with Crippen LogP contribution in [-0.4, -0.2) is 25.7 Å². The van der Waals surface area contributed by atoms with Gasteiger partial charge in [0.2, 0.25) is 10.0 Å². The second-order valence-electron chi connectivity index (χ2n) is 6.74. The van der Waals surface area contributed by atoms with E-state index in [9.17, 15) is 13.2 Å². The monoisotopic (exact) mass is 428 g/mol. The summed E-state index contributed by atoms with van der Waals surface area (Å²) in [6.07, 6.45) is 0. The zero-order chi connectivity index (χ0) is 21.0. The Balaban J connectivity index is 1.68. The highest BCUT2D eigenvalue weighted by Gasteiger charge is 2.20. The molecule has 0 heterocycles. The van der Waals surface area contributed by atoms with Crippen LogP contribution >= 0.6 is 11.6 Å². The number of rotatable bonds is 6. The van der Waals surface area contributed by atoms with Crippen molar-refractivity contribution < 1.29 is 13.2 Å². The van der Waals surface area contributed by atoms with Gasteiger partial charge < -0.3 is 5.32 Å². The lowest BCUT2D eigenvalue weighted by Crippen LogP contribution is -2.26. The first-order chi connectivity index (χ1) is 13.8. The molecule has 0 aromatic heterocycles. The highest BCUT2D eigenvalue weighted by Crippen LogP contribution is 2.19. The quantitative estimate of drug-likeness (QED) is 0.617. The summed E-state index contributed by atoms with van der Waals surface area (Å²) in [6, 6.07) is 20.5. The Bertz CT molecular complexity index is 1110. The third-order valence-electron chi connectivity index (χ3n) is 4.42. The van der Waals surface area contributed by atoms with Crippen LogP contribution in [0, 0.1) is 6.92 Å². The molecule has 0 saturated heterocycles. The Morgan fingerprint density at radius 2 is 1.66 bits per heavy atom. The lowest BCUT2D eigenvalue weighted by Gasteiger charge is -2.17. The SMILES string of the molecule is Cc1cccc(NC(=O)c2ccc(CN(C)S(=O)(=O)c3ccc(Cl)cc3)cc2)c1. The second-order valence-corrected chi connectivity index (χ2v) is 9.22. The van der Waals surface area contributed by atoms with Crippen molar-refractivity contribution in [1.82, 2.24) is 4.31 Å². The van der Waals surface area contributed by atoms with Crippen LogP contribution in [0.2, 0.25) is 5.02 Å². The molecular formula is C22H21ClN2O3S. The number of aryl methyl sites for hydroxylation is 1. The highest BCUT2D eigenvalue weighted by atomic mass is 35.5. The van der Waals surface area contributed by atoms with Crippen molar-refractivity contribution in [2.45, 2.75) is 18.4 Å². The predicted molar refractivity (Wildman–Crippen MR) is 116 cm³/mol. The molecule has 5 nitrogen and oxygen atoms in total. The summed E-state index contributed by atoms with van der Waals surface area (Å²) >= 11 is 5.83. The van der Waals surface area contributed by atoms with Crippen LogP contribution < -0.4 is 5.32 Å². The number of amides is 1.